The molecule has 1 heterocycles. The maximum absolute atomic E-state index is 12.6. The molecular weight excluding hydrogens is 321 g/mol. The molecule has 0 unspecified atom stereocenters. The van der Waals surface area contributed by atoms with Crippen LogP contribution >= 0.6 is 0 Å². The van der Waals surface area contributed by atoms with Gasteiger partial charge in [0.05, 0.1) is 0 Å². The molecule has 1 saturated carbocycles. The first-order chi connectivity index (χ1) is 11.0. The molecule has 0 bridgehead atoms. The third kappa shape index (κ3) is 4.19. The molecule has 7 heteroatoms. The summed E-state index contributed by atoms with van der Waals surface area (Å²) in [5.74, 6) is -0.352. The van der Waals surface area contributed by atoms with E-state index >= 15 is 0 Å². The van der Waals surface area contributed by atoms with Gasteiger partial charge >= 0.3 is 6.18 Å². The summed E-state index contributed by atoms with van der Waals surface area (Å²) in [6.07, 6.45) is -0.769. The summed E-state index contributed by atoms with van der Waals surface area (Å²) in [5, 5.41) is 2.85. The Morgan fingerprint density at radius 3 is 2.33 bits per heavy atom. The highest BCUT2D eigenvalue weighted by Crippen LogP contribution is 2.38. The van der Waals surface area contributed by atoms with E-state index in [9.17, 15) is 22.8 Å². The van der Waals surface area contributed by atoms with Crippen molar-refractivity contribution in [1.82, 2.24) is 10.3 Å². The normalized spacial score (nSPS) is 22.2. The summed E-state index contributed by atoms with van der Waals surface area (Å²) in [6, 6.07) is 1.58. The van der Waals surface area contributed by atoms with Gasteiger partial charge in [0, 0.05) is 6.04 Å². The minimum absolute atomic E-state index is 0.00489. The quantitative estimate of drug-likeness (QED) is 0.859. The Bertz CT molecular complexity index is 659. The van der Waals surface area contributed by atoms with Crippen molar-refractivity contribution in [3.8, 4) is 0 Å². The Morgan fingerprint density at radius 1 is 1.17 bits per heavy atom. The van der Waals surface area contributed by atoms with Gasteiger partial charge in [0.15, 0.2) is 0 Å². The molecule has 0 aromatic carbocycles. The van der Waals surface area contributed by atoms with Gasteiger partial charge in [0.25, 0.3) is 11.5 Å². The van der Waals surface area contributed by atoms with Crippen LogP contribution in [0, 0.1) is 11.3 Å². The SMILES string of the molecule is CC(C)(C)[C@@H]1CCCC[C@@H]1NC(=O)c1ccc(C(F)(F)F)[nH]c1=O. The number of halogens is 3. The molecule has 1 aromatic rings. The van der Waals surface area contributed by atoms with Gasteiger partial charge in [-0.2, -0.15) is 13.2 Å². The highest BCUT2D eigenvalue weighted by atomic mass is 19.4. The zero-order valence-electron chi connectivity index (χ0n) is 14.1. The standard InChI is InChI=1S/C17H23F3N2O2/c1-16(2,3)11-6-4-5-7-12(11)21-14(23)10-8-9-13(17(18,19)20)22-15(10)24/h8-9,11-12H,4-7H2,1-3H3,(H,21,23)(H,22,24)/t11-,12+/m1/s1. The van der Waals surface area contributed by atoms with E-state index in [0.29, 0.717) is 0 Å². The van der Waals surface area contributed by atoms with Gasteiger partial charge in [-0.05, 0) is 36.3 Å². The number of rotatable bonds is 2. The number of alkyl halides is 3. The fraction of sp³-hybridized carbons (Fsp3) is 0.647. The third-order valence-corrected chi connectivity index (χ3v) is 4.65. The van der Waals surface area contributed by atoms with Crippen LogP contribution in [0.2, 0.25) is 0 Å². The van der Waals surface area contributed by atoms with E-state index in [1.165, 1.54) is 0 Å². The summed E-state index contributed by atoms with van der Waals surface area (Å²) in [7, 11) is 0. The third-order valence-electron chi connectivity index (χ3n) is 4.65. The molecule has 2 N–H and O–H groups in total. The van der Waals surface area contributed by atoms with E-state index < -0.39 is 23.3 Å². The lowest BCUT2D eigenvalue weighted by molar-refractivity contribution is -0.141. The highest BCUT2D eigenvalue weighted by Gasteiger charge is 2.36. The molecule has 24 heavy (non-hydrogen) atoms. The zero-order valence-corrected chi connectivity index (χ0v) is 14.1. The molecule has 1 aromatic heterocycles. The molecule has 2 rings (SSSR count). The number of aromatic nitrogens is 1. The minimum atomic E-state index is -4.64. The van der Waals surface area contributed by atoms with Crippen molar-refractivity contribution in [1.29, 1.82) is 0 Å². The summed E-state index contributed by atoms with van der Waals surface area (Å²) in [4.78, 5) is 25.9. The highest BCUT2D eigenvalue weighted by molar-refractivity contribution is 5.94. The maximum atomic E-state index is 12.6. The molecule has 1 aliphatic rings. The van der Waals surface area contributed by atoms with Crippen molar-refractivity contribution in [3.05, 3.63) is 33.7 Å². The van der Waals surface area contributed by atoms with Crippen LogP contribution in [0.1, 0.15) is 62.5 Å². The number of nitrogens with one attached hydrogen (secondary N) is 2. The maximum Gasteiger partial charge on any atom is 0.431 e. The number of amides is 1. The first-order valence-corrected chi connectivity index (χ1v) is 8.11. The largest absolute Gasteiger partial charge is 0.431 e. The molecule has 2 atom stereocenters. The van der Waals surface area contributed by atoms with E-state index in [1.807, 2.05) is 0 Å². The molecular formula is C17H23F3N2O2. The molecule has 134 valence electrons. The lowest BCUT2D eigenvalue weighted by atomic mass is 9.69. The van der Waals surface area contributed by atoms with Crippen molar-refractivity contribution >= 4 is 5.91 Å². The Balaban J connectivity index is 2.19. The van der Waals surface area contributed by atoms with Crippen molar-refractivity contribution < 1.29 is 18.0 Å². The van der Waals surface area contributed by atoms with Crippen LogP contribution in [0.3, 0.4) is 0 Å². The van der Waals surface area contributed by atoms with Crippen molar-refractivity contribution in [3.63, 3.8) is 0 Å². The van der Waals surface area contributed by atoms with Gasteiger partial charge in [-0.15, -0.1) is 0 Å². The second-order valence-corrected chi connectivity index (χ2v) is 7.45. The molecule has 0 aliphatic heterocycles. The van der Waals surface area contributed by atoms with Crippen LogP contribution in [-0.2, 0) is 6.18 Å². The van der Waals surface area contributed by atoms with Gasteiger partial charge in [-0.25, -0.2) is 0 Å². The van der Waals surface area contributed by atoms with Crippen molar-refractivity contribution in [2.45, 2.75) is 58.7 Å². The lowest BCUT2D eigenvalue weighted by Gasteiger charge is -2.40. The fourth-order valence-corrected chi connectivity index (χ4v) is 3.40. The average molecular weight is 344 g/mol. The molecule has 0 radical (unpaired) electrons. The number of carbonyl (C=O) groups excluding carboxylic acids is 1. The molecule has 1 fully saturated rings. The lowest BCUT2D eigenvalue weighted by Crippen LogP contribution is -2.47. The van der Waals surface area contributed by atoms with Crippen LogP contribution in [0.15, 0.2) is 16.9 Å². The fourth-order valence-electron chi connectivity index (χ4n) is 3.40. The zero-order chi connectivity index (χ0) is 18.1. The van der Waals surface area contributed by atoms with Gasteiger partial charge < -0.3 is 10.3 Å². The number of carbonyl (C=O) groups is 1. The topological polar surface area (TPSA) is 62.0 Å². The average Bonchev–Trinajstić information content (AvgIpc) is 2.45. The number of H-pyrrole nitrogens is 1. The van der Waals surface area contributed by atoms with Crippen LogP contribution < -0.4 is 10.9 Å². The molecule has 4 nitrogen and oxygen atoms in total. The van der Waals surface area contributed by atoms with E-state index in [2.05, 4.69) is 26.1 Å². The summed E-state index contributed by atoms with van der Waals surface area (Å²) >= 11 is 0. The molecule has 0 saturated heterocycles. The predicted octanol–water partition coefficient (Wildman–Crippen LogP) is 3.73. The van der Waals surface area contributed by atoms with E-state index in [4.69, 9.17) is 0 Å². The second kappa shape index (κ2) is 6.61. The van der Waals surface area contributed by atoms with Gasteiger partial charge in [-0.1, -0.05) is 33.6 Å². The van der Waals surface area contributed by atoms with Gasteiger partial charge in [0.2, 0.25) is 0 Å². The molecule has 1 aliphatic carbocycles. The van der Waals surface area contributed by atoms with Crippen LogP contribution in [0.4, 0.5) is 13.2 Å². The molecule has 1 amide bonds. The summed E-state index contributed by atoms with van der Waals surface area (Å²) in [6.45, 7) is 6.31. The monoisotopic (exact) mass is 344 g/mol. The van der Waals surface area contributed by atoms with Crippen LogP contribution in [0.25, 0.3) is 0 Å². The van der Waals surface area contributed by atoms with E-state index in [-0.39, 0.29) is 22.9 Å². The van der Waals surface area contributed by atoms with E-state index in [0.717, 1.165) is 37.8 Å². The van der Waals surface area contributed by atoms with Crippen LogP contribution in [-0.4, -0.2) is 16.9 Å². The smallest absolute Gasteiger partial charge is 0.349 e. The predicted molar refractivity (Wildman–Crippen MR) is 84.7 cm³/mol. The number of pyridine rings is 1. The Labute approximate surface area is 138 Å². The first kappa shape index (κ1) is 18.5. The Hall–Kier alpha value is -1.79. The number of aromatic amines is 1. The number of hydrogen-bond acceptors (Lipinski definition) is 2. The van der Waals surface area contributed by atoms with Gasteiger partial charge in [-0.3, -0.25) is 9.59 Å². The van der Waals surface area contributed by atoms with E-state index in [1.54, 1.807) is 4.98 Å². The van der Waals surface area contributed by atoms with Gasteiger partial charge in [0.1, 0.15) is 11.3 Å². The van der Waals surface area contributed by atoms with Crippen LogP contribution in [0.5, 0.6) is 0 Å². The second-order valence-electron chi connectivity index (χ2n) is 7.45. The number of hydrogen-bond donors (Lipinski definition) is 2. The summed E-state index contributed by atoms with van der Waals surface area (Å²) in [5.41, 5.74) is -2.47. The Morgan fingerprint density at radius 2 is 1.79 bits per heavy atom. The first-order valence-electron chi connectivity index (χ1n) is 8.11. The summed E-state index contributed by atoms with van der Waals surface area (Å²) < 4.78 is 37.8. The van der Waals surface area contributed by atoms with Crippen molar-refractivity contribution in [2.24, 2.45) is 11.3 Å². The molecule has 0 spiro atoms. The Kier molecular flexibility index (Phi) is 5.11. The van der Waals surface area contributed by atoms with Crippen molar-refractivity contribution in [2.75, 3.05) is 0 Å². The minimum Gasteiger partial charge on any atom is -0.349 e.